The maximum absolute atomic E-state index is 11.7. The third-order valence-corrected chi connectivity index (χ3v) is 5.73. The minimum Gasteiger partial charge on any atom is -0.368 e. The Bertz CT molecular complexity index is 360. The van der Waals surface area contributed by atoms with Gasteiger partial charge in [0.05, 0.1) is 5.54 Å². The lowest BCUT2D eigenvalue weighted by atomic mass is 9.88. The van der Waals surface area contributed by atoms with Crippen LogP contribution in [0.3, 0.4) is 0 Å². The van der Waals surface area contributed by atoms with Crippen molar-refractivity contribution in [2.24, 2.45) is 23.5 Å². The molecule has 2 aliphatic carbocycles. The average Bonchev–Trinajstić information content (AvgIpc) is 3.05. The maximum atomic E-state index is 11.7. The predicted molar refractivity (Wildman–Crippen MR) is 86.9 cm³/mol. The van der Waals surface area contributed by atoms with Gasteiger partial charge in [-0.05, 0) is 70.4 Å². The van der Waals surface area contributed by atoms with Crippen molar-refractivity contribution < 1.29 is 4.79 Å². The number of carbonyl (C=O) groups is 1. The minimum atomic E-state index is -0.570. The SMILES string of the molecule is CCCNC(C)(CCN(C)CC1CC2CCC1C2)C(N)=O. The van der Waals surface area contributed by atoms with E-state index in [1.54, 1.807) is 0 Å². The molecule has 1 amide bonds. The molecular formula is C17H33N3O. The largest absolute Gasteiger partial charge is 0.368 e. The summed E-state index contributed by atoms with van der Waals surface area (Å²) in [6.45, 7) is 7.01. The number of nitrogens with one attached hydrogen (secondary N) is 1. The smallest absolute Gasteiger partial charge is 0.237 e. The van der Waals surface area contributed by atoms with Crippen LogP contribution in [-0.4, -0.2) is 43.0 Å². The van der Waals surface area contributed by atoms with Crippen LogP contribution in [0.4, 0.5) is 0 Å². The lowest BCUT2D eigenvalue weighted by molar-refractivity contribution is -0.124. The van der Waals surface area contributed by atoms with Gasteiger partial charge in [-0.15, -0.1) is 0 Å². The van der Waals surface area contributed by atoms with E-state index in [4.69, 9.17) is 5.73 Å². The fourth-order valence-electron chi connectivity index (χ4n) is 4.21. The first-order valence-corrected chi connectivity index (χ1v) is 8.68. The predicted octanol–water partition coefficient (Wildman–Crippen LogP) is 1.99. The molecule has 0 radical (unpaired) electrons. The molecule has 4 heteroatoms. The molecule has 0 spiro atoms. The summed E-state index contributed by atoms with van der Waals surface area (Å²) in [6, 6.07) is 0. The number of nitrogens with two attached hydrogens (primary N) is 1. The van der Waals surface area contributed by atoms with E-state index in [2.05, 4.69) is 24.2 Å². The molecule has 3 N–H and O–H groups in total. The normalized spacial score (nSPS) is 30.8. The van der Waals surface area contributed by atoms with Gasteiger partial charge in [-0.2, -0.15) is 0 Å². The number of nitrogens with zero attached hydrogens (tertiary/aromatic N) is 1. The van der Waals surface area contributed by atoms with Crippen molar-refractivity contribution in [2.75, 3.05) is 26.7 Å². The van der Waals surface area contributed by atoms with Gasteiger partial charge in [0.2, 0.25) is 5.91 Å². The second-order valence-electron chi connectivity index (χ2n) is 7.57. The fraction of sp³-hybridized carbons (Fsp3) is 0.941. The van der Waals surface area contributed by atoms with E-state index in [0.717, 1.165) is 43.7 Å². The van der Waals surface area contributed by atoms with E-state index < -0.39 is 5.54 Å². The van der Waals surface area contributed by atoms with Gasteiger partial charge in [0.15, 0.2) is 0 Å². The summed E-state index contributed by atoms with van der Waals surface area (Å²) >= 11 is 0. The van der Waals surface area contributed by atoms with Gasteiger partial charge in [0, 0.05) is 13.1 Å². The van der Waals surface area contributed by atoms with Crippen LogP contribution in [0.2, 0.25) is 0 Å². The number of primary amides is 1. The molecule has 2 rings (SSSR count). The fourth-order valence-corrected chi connectivity index (χ4v) is 4.21. The van der Waals surface area contributed by atoms with E-state index >= 15 is 0 Å². The molecule has 0 heterocycles. The lowest BCUT2D eigenvalue weighted by Gasteiger charge is -2.32. The number of rotatable bonds is 9. The topological polar surface area (TPSA) is 58.4 Å². The summed E-state index contributed by atoms with van der Waals surface area (Å²) in [4.78, 5) is 14.1. The molecular weight excluding hydrogens is 262 g/mol. The number of hydrogen-bond donors (Lipinski definition) is 2. The standard InChI is InChI=1S/C17H33N3O/c1-4-8-19-17(2,16(18)21)7-9-20(3)12-15-11-13-5-6-14(15)10-13/h13-15,19H,4-12H2,1-3H3,(H2,18,21). The Morgan fingerprint density at radius 3 is 2.67 bits per heavy atom. The lowest BCUT2D eigenvalue weighted by Crippen LogP contribution is -2.54. The Morgan fingerprint density at radius 1 is 1.38 bits per heavy atom. The molecule has 0 aliphatic heterocycles. The van der Waals surface area contributed by atoms with Crippen molar-refractivity contribution in [1.29, 1.82) is 0 Å². The summed E-state index contributed by atoms with van der Waals surface area (Å²) < 4.78 is 0. The van der Waals surface area contributed by atoms with E-state index in [9.17, 15) is 4.79 Å². The summed E-state index contributed by atoms with van der Waals surface area (Å²) in [6.07, 6.45) is 7.61. The minimum absolute atomic E-state index is 0.232. The first kappa shape index (κ1) is 16.8. The molecule has 4 unspecified atom stereocenters. The van der Waals surface area contributed by atoms with Gasteiger partial charge in [-0.1, -0.05) is 13.3 Å². The summed E-state index contributed by atoms with van der Waals surface area (Å²) in [5.74, 6) is 2.63. The first-order chi connectivity index (χ1) is 9.94. The zero-order valence-electron chi connectivity index (χ0n) is 14.0. The Hall–Kier alpha value is -0.610. The van der Waals surface area contributed by atoms with Crippen LogP contribution in [0.5, 0.6) is 0 Å². The van der Waals surface area contributed by atoms with E-state index in [1.165, 1.54) is 32.2 Å². The zero-order chi connectivity index (χ0) is 15.5. The van der Waals surface area contributed by atoms with Crippen LogP contribution in [0.25, 0.3) is 0 Å². The van der Waals surface area contributed by atoms with E-state index in [-0.39, 0.29) is 5.91 Å². The Kier molecular flexibility index (Phi) is 5.67. The molecule has 4 nitrogen and oxygen atoms in total. The van der Waals surface area contributed by atoms with Crippen molar-refractivity contribution in [1.82, 2.24) is 10.2 Å². The molecule has 2 bridgehead atoms. The maximum Gasteiger partial charge on any atom is 0.237 e. The first-order valence-electron chi connectivity index (χ1n) is 8.68. The van der Waals surface area contributed by atoms with Gasteiger partial charge < -0.3 is 16.0 Å². The third kappa shape index (κ3) is 4.19. The van der Waals surface area contributed by atoms with Crippen molar-refractivity contribution in [3.8, 4) is 0 Å². The highest BCUT2D eigenvalue weighted by Crippen LogP contribution is 2.48. The second-order valence-corrected chi connectivity index (χ2v) is 7.57. The van der Waals surface area contributed by atoms with Crippen molar-refractivity contribution in [2.45, 2.75) is 57.9 Å². The van der Waals surface area contributed by atoms with Crippen LogP contribution in [0.15, 0.2) is 0 Å². The van der Waals surface area contributed by atoms with Gasteiger partial charge in [0.1, 0.15) is 0 Å². The quantitative estimate of drug-likeness (QED) is 0.684. The van der Waals surface area contributed by atoms with Gasteiger partial charge in [-0.25, -0.2) is 0 Å². The number of hydrogen-bond acceptors (Lipinski definition) is 3. The third-order valence-electron chi connectivity index (χ3n) is 5.73. The monoisotopic (exact) mass is 295 g/mol. The molecule has 2 aliphatic rings. The van der Waals surface area contributed by atoms with Crippen molar-refractivity contribution in [3.63, 3.8) is 0 Å². The Labute approximate surface area is 129 Å². The number of fused-ring (bicyclic) bond motifs is 2. The molecule has 4 atom stereocenters. The van der Waals surface area contributed by atoms with Gasteiger partial charge in [0.25, 0.3) is 0 Å². The highest BCUT2D eigenvalue weighted by molar-refractivity contribution is 5.84. The van der Waals surface area contributed by atoms with Gasteiger partial charge >= 0.3 is 0 Å². The Morgan fingerprint density at radius 2 is 2.14 bits per heavy atom. The van der Waals surface area contributed by atoms with Gasteiger partial charge in [-0.3, -0.25) is 4.79 Å². The molecule has 122 valence electrons. The van der Waals surface area contributed by atoms with Crippen LogP contribution in [-0.2, 0) is 4.79 Å². The molecule has 0 aromatic heterocycles. The molecule has 2 fully saturated rings. The van der Waals surface area contributed by atoms with Crippen LogP contribution < -0.4 is 11.1 Å². The highest BCUT2D eigenvalue weighted by atomic mass is 16.1. The second kappa shape index (κ2) is 7.10. The molecule has 0 aromatic rings. The molecule has 0 aromatic carbocycles. The summed E-state index contributed by atoms with van der Waals surface area (Å²) in [5, 5.41) is 3.32. The van der Waals surface area contributed by atoms with Crippen molar-refractivity contribution in [3.05, 3.63) is 0 Å². The highest BCUT2D eigenvalue weighted by Gasteiger charge is 2.39. The molecule has 2 saturated carbocycles. The molecule has 21 heavy (non-hydrogen) atoms. The van der Waals surface area contributed by atoms with Crippen LogP contribution in [0, 0.1) is 17.8 Å². The zero-order valence-corrected chi connectivity index (χ0v) is 14.0. The average molecular weight is 295 g/mol. The van der Waals surface area contributed by atoms with Crippen LogP contribution in [0.1, 0.15) is 52.4 Å². The van der Waals surface area contributed by atoms with Crippen molar-refractivity contribution >= 4 is 5.91 Å². The van der Waals surface area contributed by atoms with E-state index in [1.807, 2.05) is 6.92 Å². The number of carbonyl (C=O) groups excluding carboxylic acids is 1. The molecule has 0 saturated heterocycles. The summed E-state index contributed by atoms with van der Waals surface area (Å²) in [7, 11) is 2.19. The van der Waals surface area contributed by atoms with Crippen LogP contribution >= 0.6 is 0 Å². The number of amides is 1. The Balaban J connectivity index is 1.76. The summed E-state index contributed by atoms with van der Waals surface area (Å²) in [5.41, 5.74) is 5.02. The van der Waals surface area contributed by atoms with E-state index in [0.29, 0.717) is 0 Å².